The van der Waals surface area contributed by atoms with Crippen molar-refractivity contribution in [1.29, 1.82) is 0 Å². The van der Waals surface area contributed by atoms with Crippen molar-refractivity contribution in [2.75, 3.05) is 20.3 Å². The average Bonchev–Trinajstić information content (AvgIpc) is 3.42. The van der Waals surface area contributed by atoms with Crippen LogP contribution < -0.4 is 5.32 Å². The Bertz CT molecular complexity index is 967. The van der Waals surface area contributed by atoms with E-state index in [1.807, 2.05) is 22.4 Å². The Morgan fingerprint density at radius 3 is 2.81 bits per heavy atom. The lowest BCUT2D eigenvalue weighted by molar-refractivity contribution is -0.136. The smallest absolute Gasteiger partial charge is 0.338 e. The molecule has 2 atom stereocenters. The quantitative estimate of drug-likeness (QED) is 0.649. The molecule has 0 saturated carbocycles. The molecule has 0 spiro atoms. The van der Waals surface area contributed by atoms with Gasteiger partial charge in [0.1, 0.15) is 0 Å². The molecule has 1 N–H and O–H groups in total. The number of fused-ring (bicyclic) bond motifs is 1. The van der Waals surface area contributed by atoms with Gasteiger partial charge in [0.25, 0.3) is 0 Å². The molecule has 164 valence electrons. The molecule has 3 aliphatic rings. The Kier molecular flexibility index (Phi) is 6.69. The van der Waals surface area contributed by atoms with Crippen LogP contribution in [0.3, 0.4) is 0 Å². The molecule has 1 aromatic carbocycles. The van der Waals surface area contributed by atoms with Crippen molar-refractivity contribution in [2.45, 2.75) is 38.3 Å². The molecule has 31 heavy (non-hydrogen) atoms. The van der Waals surface area contributed by atoms with E-state index in [2.05, 4.69) is 10.3 Å². The van der Waals surface area contributed by atoms with Gasteiger partial charge in [-0.15, -0.1) is 0 Å². The fourth-order valence-corrected chi connectivity index (χ4v) is 5.05. The van der Waals surface area contributed by atoms with E-state index < -0.39 is 12.0 Å². The molecular weight excluding hydrogens is 438 g/mol. The number of amides is 1. The Hall–Kier alpha value is -2.29. The minimum atomic E-state index is -0.454. The largest absolute Gasteiger partial charge is 0.466 e. The van der Waals surface area contributed by atoms with Gasteiger partial charge in [-0.25, -0.2) is 9.79 Å². The van der Waals surface area contributed by atoms with Crippen LogP contribution in [0.4, 0.5) is 0 Å². The van der Waals surface area contributed by atoms with Crippen molar-refractivity contribution in [3.8, 4) is 0 Å². The number of thioether (sulfide) groups is 1. The monoisotopic (exact) mass is 461 g/mol. The topological polar surface area (TPSA) is 80.2 Å². The number of rotatable bonds is 6. The van der Waals surface area contributed by atoms with Crippen LogP contribution in [0.15, 0.2) is 51.6 Å². The Morgan fingerprint density at radius 2 is 2.13 bits per heavy atom. The molecule has 3 aliphatic heterocycles. The van der Waals surface area contributed by atoms with E-state index in [0.717, 1.165) is 35.9 Å². The van der Waals surface area contributed by atoms with Crippen LogP contribution in [-0.4, -0.2) is 48.3 Å². The van der Waals surface area contributed by atoms with Crippen LogP contribution in [0.1, 0.15) is 37.8 Å². The minimum absolute atomic E-state index is 0.0846. The van der Waals surface area contributed by atoms with Gasteiger partial charge >= 0.3 is 5.97 Å². The van der Waals surface area contributed by atoms with Crippen molar-refractivity contribution < 1.29 is 19.1 Å². The first-order valence-electron chi connectivity index (χ1n) is 10.1. The summed E-state index contributed by atoms with van der Waals surface area (Å²) in [5.74, 6) is -0.538. The van der Waals surface area contributed by atoms with E-state index in [-0.39, 0.29) is 18.4 Å². The number of ether oxygens (including phenoxy) is 2. The van der Waals surface area contributed by atoms with Crippen LogP contribution in [0.25, 0.3) is 0 Å². The van der Waals surface area contributed by atoms with Crippen LogP contribution in [-0.2, 0) is 19.1 Å². The summed E-state index contributed by atoms with van der Waals surface area (Å²) in [5.41, 5.74) is 2.69. The molecule has 1 aromatic rings. The first kappa shape index (κ1) is 21.9. The van der Waals surface area contributed by atoms with Gasteiger partial charge in [0, 0.05) is 23.9 Å². The van der Waals surface area contributed by atoms with Crippen molar-refractivity contribution in [3.63, 3.8) is 0 Å². The molecule has 1 amide bonds. The molecule has 7 nitrogen and oxygen atoms in total. The summed E-state index contributed by atoms with van der Waals surface area (Å²) in [6.07, 6.45) is 2.26. The van der Waals surface area contributed by atoms with Gasteiger partial charge in [0.2, 0.25) is 5.91 Å². The van der Waals surface area contributed by atoms with E-state index in [9.17, 15) is 9.59 Å². The van der Waals surface area contributed by atoms with Gasteiger partial charge in [-0.3, -0.25) is 4.79 Å². The normalized spacial score (nSPS) is 22.7. The number of carbonyl (C=O) groups is 2. The van der Waals surface area contributed by atoms with Gasteiger partial charge in [0.15, 0.2) is 5.17 Å². The fraction of sp³-hybridized carbons (Fsp3) is 0.409. The Balaban J connectivity index is 1.59. The number of hydrogen-bond acceptors (Lipinski definition) is 7. The summed E-state index contributed by atoms with van der Waals surface area (Å²) in [5, 5.41) is 6.21. The number of esters is 1. The predicted octanol–water partition coefficient (Wildman–Crippen LogP) is 3.77. The number of halogens is 1. The number of benzene rings is 1. The number of aliphatic imine (C=N–C) groups is 1. The number of nitrogens with one attached hydrogen (secondary N) is 1. The van der Waals surface area contributed by atoms with Gasteiger partial charge in [-0.05, 0) is 42.9 Å². The van der Waals surface area contributed by atoms with E-state index in [1.54, 1.807) is 19.1 Å². The van der Waals surface area contributed by atoms with Crippen LogP contribution in [0, 0.1) is 0 Å². The first-order valence-corrected chi connectivity index (χ1v) is 11.4. The molecule has 3 heterocycles. The second kappa shape index (κ2) is 9.46. The SMILES string of the molecule is COC(=O)C1=C(C)N=C2SC=C(CC(=O)NC[C@H]3CCCO3)N2[C@@H]1c1ccc(Cl)cc1. The van der Waals surface area contributed by atoms with Crippen molar-refractivity contribution in [1.82, 2.24) is 10.2 Å². The molecular formula is C22H24ClN3O4S. The average molecular weight is 462 g/mol. The van der Waals surface area contributed by atoms with Crippen LogP contribution in [0.5, 0.6) is 0 Å². The fourth-order valence-electron chi connectivity index (χ4n) is 3.96. The molecule has 1 fully saturated rings. The number of hydrogen-bond donors (Lipinski definition) is 1. The molecule has 0 radical (unpaired) electrons. The summed E-state index contributed by atoms with van der Waals surface area (Å²) >= 11 is 7.53. The molecule has 4 rings (SSSR count). The zero-order valence-electron chi connectivity index (χ0n) is 17.4. The zero-order chi connectivity index (χ0) is 22.0. The highest BCUT2D eigenvalue weighted by Crippen LogP contribution is 2.44. The molecule has 0 aliphatic carbocycles. The van der Waals surface area contributed by atoms with Crippen LogP contribution >= 0.6 is 23.4 Å². The zero-order valence-corrected chi connectivity index (χ0v) is 19.0. The minimum Gasteiger partial charge on any atom is -0.466 e. The maximum atomic E-state index is 12.7. The van der Waals surface area contributed by atoms with Gasteiger partial charge < -0.3 is 19.7 Å². The Labute approximate surface area is 190 Å². The summed E-state index contributed by atoms with van der Waals surface area (Å²) in [7, 11) is 1.36. The molecule has 0 aromatic heterocycles. The number of methoxy groups -OCH3 is 1. The summed E-state index contributed by atoms with van der Waals surface area (Å²) in [6, 6.07) is 6.87. The lowest BCUT2D eigenvalue weighted by Gasteiger charge is -2.36. The maximum Gasteiger partial charge on any atom is 0.338 e. The second-order valence-corrected chi connectivity index (χ2v) is 8.83. The highest BCUT2D eigenvalue weighted by molar-refractivity contribution is 8.16. The van der Waals surface area contributed by atoms with E-state index >= 15 is 0 Å². The number of nitrogens with zero attached hydrogens (tertiary/aromatic N) is 2. The lowest BCUT2D eigenvalue weighted by atomic mass is 9.94. The van der Waals surface area contributed by atoms with Crippen LogP contribution in [0.2, 0.25) is 5.02 Å². The van der Waals surface area contributed by atoms with E-state index in [1.165, 1.54) is 18.9 Å². The van der Waals surface area contributed by atoms with E-state index in [4.69, 9.17) is 21.1 Å². The van der Waals surface area contributed by atoms with Crippen molar-refractivity contribution in [3.05, 3.63) is 57.2 Å². The molecule has 1 saturated heterocycles. The van der Waals surface area contributed by atoms with Crippen molar-refractivity contribution in [2.24, 2.45) is 4.99 Å². The second-order valence-electron chi connectivity index (χ2n) is 7.55. The highest BCUT2D eigenvalue weighted by atomic mass is 35.5. The third-order valence-electron chi connectivity index (χ3n) is 5.48. The lowest BCUT2D eigenvalue weighted by Crippen LogP contribution is -2.38. The van der Waals surface area contributed by atoms with Crippen molar-refractivity contribution >= 4 is 40.4 Å². The summed E-state index contributed by atoms with van der Waals surface area (Å²) in [4.78, 5) is 31.9. The Morgan fingerprint density at radius 1 is 1.35 bits per heavy atom. The van der Waals surface area contributed by atoms with E-state index in [0.29, 0.717) is 22.8 Å². The third kappa shape index (κ3) is 4.66. The highest BCUT2D eigenvalue weighted by Gasteiger charge is 2.41. The molecule has 0 bridgehead atoms. The van der Waals surface area contributed by atoms with Gasteiger partial charge in [0.05, 0.1) is 36.9 Å². The summed E-state index contributed by atoms with van der Waals surface area (Å²) in [6.45, 7) is 3.06. The summed E-state index contributed by atoms with van der Waals surface area (Å²) < 4.78 is 10.6. The maximum absolute atomic E-state index is 12.7. The predicted molar refractivity (Wildman–Crippen MR) is 120 cm³/mol. The van der Waals surface area contributed by atoms with Gasteiger partial charge in [-0.1, -0.05) is 35.5 Å². The molecule has 9 heteroatoms. The first-order chi connectivity index (χ1) is 15.0. The third-order valence-corrected chi connectivity index (χ3v) is 6.62. The molecule has 0 unspecified atom stereocenters. The van der Waals surface area contributed by atoms with Gasteiger partial charge in [-0.2, -0.15) is 0 Å². The standard InChI is InChI=1S/C22H24ClN3O4S/c1-13-19(21(28)29-2)20(14-5-7-15(23)8-6-14)26-16(12-31-22(26)25-13)10-18(27)24-11-17-4-3-9-30-17/h5-8,12,17,20H,3-4,9-11H2,1-2H3,(H,24,27)/t17-,20-/m1/s1. The number of allylic oxidation sites excluding steroid dienone is 1. The number of carbonyl (C=O) groups excluding carboxylic acids is 2. The number of amidine groups is 1.